The highest BCUT2D eigenvalue weighted by Gasteiger charge is 2.31. The molecule has 1 unspecified atom stereocenters. The smallest absolute Gasteiger partial charge is 0.266 e. The quantitative estimate of drug-likeness (QED) is 0.258. The Morgan fingerprint density at radius 1 is 1.03 bits per heavy atom. The molecule has 7 nitrogen and oxygen atoms in total. The van der Waals surface area contributed by atoms with Crippen LogP contribution in [0.2, 0.25) is 0 Å². The predicted molar refractivity (Wildman–Crippen MR) is 142 cm³/mol. The zero-order valence-electron chi connectivity index (χ0n) is 21.0. The second-order valence-electron chi connectivity index (χ2n) is 8.74. The fourth-order valence-electron chi connectivity index (χ4n) is 4.58. The van der Waals surface area contributed by atoms with E-state index in [1.165, 1.54) is 33.9 Å². The van der Waals surface area contributed by atoms with Crippen molar-refractivity contribution in [1.82, 2.24) is 14.5 Å². The van der Waals surface area contributed by atoms with E-state index in [9.17, 15) is 14.0 Å². The predicted octanol–water partition coefficient (Wildman–Crippen LogP) is 5.92. The molecule has 0 aliphatic rings. The summed E-state index contributed by atoms with van der Waals surface area (Å²) in [7, 11) is 1.57. The number of carbonyl (C=O) groups is 1. The maximum absolute atomic E-state index is 14.8. The average Bonchev–Trinajstić information content (AvgIpc) is 3.46. The first-order chi connectivity index (χ1) is 18.5. The van der Waals surface area contributed by atoms with Crippen LogP contribution in [-0.4, -0.2) is 27.5 Å². The molecule has 0 aliphatic heterocycles. The molecule has 5 rings (SSSR count). The van der Waals surface area contributed by atoms with E-state index in [1.54, 1.807) is 67.8 Å². The van der Waals surface area contributed by atoms with E-state index in [4.69, 9.17) is 14.1 Å². The molecule has 0 aliphatic carbocycles. The number of para-hydroxylation sites is 1. The second kappa shape index (κ2) is 10.7. The molecule has 0 bridgehead atoms. The topological polar surface area (TPSA) is 77.6 Å². The standard InChI is InChI=1S/C30H26FN3O4/c1-3-27(33(19-22-9-8-18-38-22)29(35)23-10-4-6-12-25(23)31)28-32-26-13-7-5-11-24(26)30(36)34(28)20-14-16-21(37-2)17-15-20/h4-18,27H,3,19H2,1-2H3. The summed E-state index contributed by atoms with van der Waals surface area (Å²) in [6.07, 6.45) is 1.92. The van der Waals surface area contributed by atoms with Crippen LogP contribution in [0.4, 0.5) is 4.39 Å². The molecule has 2 heterocycles. The number of nitrogens with zero attached hydrogens (tertiary/aromatic N) is 3. The first-order valence-electron chi connectivity index (χ1n) is 12.3. The fourth-order valence-corrected chi connectivity index (χ4v) is 4.58. The van der Waals surface area contributed by atoms with Gasteiger partial charge in [0.2, 0.25) is 0 Å². The summed E-state index contributed by atoms with van der Waals surface area (Å²) in [5.74, 6) is 0.356. The Morgan fingerprint density at radius 2 is 1.76 bits per heavy atom. The average molecular weight is 512 g/mol. The molecule has 0 saturated carbocycles. The van der Waals surface area contributed by atoms with Crippen LogP contribution < -0.4 is 10.3 Å². The number of fused-ring (bicyclic) bond motifs is 1. The van der Waals surface area contributed by atoms with Gasteiger partial charge in [0.1, 0.15) is 23.2 Å². The maximum Gasteiger partial charge on any atom is 0.266 e. The number of amides is 1. The van der Waals surface area contributed by atoms with Crippen LogP contribution in [-0.2, 0) is 6.54 Å². The van der Waals surface area contributed by atoms with Crippen LogP contribution in [0.25, 0.3) is 16.6 Å². The zero-order chi connectivity index (χ0) is 26.6. The van der Waals surface area contributed by atoms with E-state index in [1.807, 2.05) is 13.0 Å². The maximum atomic E-state index is 14.8. The van der Waals surface area contributed by atoms with Gasteiger partial charge in [-0.2, -0.15) is 0 Å². The molecule has 0 saturated heterocycles. The highest BCUT2D eigenvalue weighted by Crippen LogP contribution is 2.30. The van der Waals surface area contributed by atoms with Crippen molar-refractivity contribution in [1.29, 1.82) is 0 Å². The number of rotatable bonds is 8. The minimum atomic E-state index is -0.688. The van der Waals surface area contributed by atoms with Crippen molar-refractivity contribution < 1.29 is 18.3 Å². The number of hydrogen-bond donors (Lipinski definition) is 0. The minimum absolute atomic E-state index is 0.0595. The molecule has 1 atom stereocenters. The molecule has 8 heteroatoms. The van der Waals surface area contributed by atoms with Gasteiger partial charge in [0, 0.05) is 0 Å². The SMILES string of the molecule is CCC(c1nc2ccccc2c(=O)n1-c1ccc(OC)cc1)N(Cc1ccco1)C(=O)c1ccccc1F. The molecule has 0 spiro atoms. The summed E-state index contributed by atoms with van der Waals surface area (Å²) in [4.78, 5) is 34.1. The zero-order valence-corrected chi connectivity index (χ0v) is 21.0. The lowest BCUT2D eigenvalue weighted by Gasteiger charge is -2.32. The summed E-state index contributed by atoms with van der Waals surface area (Å²) in [5.41, 5.74) is 0.730. The lowest BCUT2D eigenvalue weighted by atomic mass is 10.1. The molecule has 5 aromatic rings. The van der Waals surface area contributed by atoms with E-state index in [2.05, 4.69) is 0 Å². The molecule has 1 amide bonds. The van der Waals surface area contributed by atoms with Gasteiger partial charge in [0.25, 0.3) is 11.5 Å². The summed E-state index contributed by atoms with van der Waals surface area (Å²) in [5, 5.41) is 0.444. The molecule has 3 aromatic carbocycles. The summed E-state index contributed by atoms with van der Waals surface area (Å²) >= 11 is 0. The van der Waals surface area contributed by atoms with E-state index in [0.717, 1.165) is 0 Å². The van der Waals surface area contributed by atoms with Crippen LogP contribution in [0.5, 0.6) is 5.75 Å². The van der Waals surface area contributed by atoms with Crippen molar-refractivity contribution in [2.75, 3.05) is 7.11 Å². The molecule has 0 fully saturated rings. The number of aromatic nitrogens is 2. The van der Waals surface area contributed by atoms with Crippen LogP contribution in [0, 0.1) is 5.82 Å². The number of halogens is 1. The van der Waals surface area contributed by atoms with E-state index >= 15 is 0 Å². The van der Waals surface area contributed by atoms with Crippen LogP contribution in [0.3, 0.4) is 0 Å². The highest BCUT2D eigenvalue weighted by molar-refractivity contribution is 5.94. The van der Waals surface area contributed by atoms with Crippen molar-refractivity contribution >= 4 is 16.8 Å². The van der Waals surface area contributed by atoms with Crippen LogP contribution in [0.15, 0.2) is 100 Å². The minimum Gasteiger partial charge on any atom is -0.497 e. The lowest BCUT2D eigenvalue weighted by molar-refractivity contribution is 0.0619. The Morgan fingerprint density at radius 3 is 2.45 bits per heavy atom. The van der Waals surface area contributed by atoms with Crippen molar-refractivity contribution in [3.63, 3.8) is 0 Å². The second-order valence-corrected chi connectivity index (χ2v) is 8.74. The lowest BCUT2D eigenvalue weighted by Crippen LogP contribution is -2.38. The Bertz CT molecular complexity index is 1630. The summed E-state index contributed by atoms with van der Waals surface area (Å²) in [6.45, 7) is 1.96. The summed E-state index contributed by atoms with van der Waals surface area (Å²) < 4.78 is 27.1. The monoisotopic (exact) mass is 511 g/mol. The van der Waals surface area contributed by atoms with Gasteiger partial charge >= 0.3 is 0 Å². The molecule has 0 N–H and O–H groups in total. The number of methoxy groups -OCH3 is 1. The van der Waals surface area contributed by atoms with E-state index < -0.39 is 17.8 Å². The first kappa shape index (κ1) is 25.0. The van der Waals surface area contributed by atoms with Gasteiger partial charge in [-0.3, -0.25) is 14.2 Å². The van der Waals surface area contributed by atoms with Gasteiger partial charge in [0.15, 0.2) is 0 Å². The normalized spacial score (nSPS) is 11.9. The molecule has 0 radical (unpaired) electrons. The van der Waals surface area contributed by atoms with Gasteiger partial charge in [-0.1, -0.05) is 31.2 Å². The Balaban J connectivity index is 1.73. The number of ether oxygens (including phenoxy) is 1. The van der Waals surface area contributed by atoms with Gasteiger partial charge in [-0.05, 0) is 67.1 Å². The van der Waals surface area contributed by atoms with Crippen molar-refractivity contribution in [3.8, 4) is 11.4 Å². The van der Waals surface area contributed by atoms with Crippen LogP contribution in [0.1, 0.15) is 41.3 Å². The molecular formula is C30H26FN3O4. The van der Waals surface area contributed by atoms with Gasteiger partial charge in [0.05, 0.1) is 48.1 Å². The van der Waals surface area contributed by atoms with Crippen LogP contribution >= 0.6 is 0 Å². The molecular weight excluding hydrogens is 485 g/mol. The highest BCUT2D eigenvalue weighted by atomic mass is 19.1. The van der Waals surface area contributed by atoms with Gasteiger partial charge in [-0.15, -0.1) is 0 Å². The van der Waals surface area contributed by atoms with Crippen molar-refractivity contribution in [2.45, 2.75) is 25.9 Å². The van der Waals surface area contributed by atoms with Crippen molar-refractivity contribution in [3.05, 3.63) is 125 Å². The first-order valence-corrected chi connectivity index (χ1v) is 12.3. The van der Waals surface area contributed by atoms with E-state index in [0.29, 0.717) is 40.3 Å². The number of carbonyl (C=O) groups excluding carboxylic acids is 1. The Kier molecular flexibility index (Phi) is 7.04. The Labute approximate surface area is 218 Å². The molecule has 192 valence electrons. The summed E-state index contributed by atoms with van der Waals surface area (Å²) in [6, 6.07) is 22.8. The van der Waals surface area contributed by atoms with E-state index in [-0.39, 0.29) is 17.7 Å². The molecule has 2 aromatic heterocycles. The third kappa shape index (κ3) is 4.68. The number of furan rings is 1. The fraction of sp³-hybridized carbons (Fsp3) is 0.167. The number of benzene rings is 3. The third-order valence-electron chi connectivity index (χ3n) is 6.46. The third-order valence-corrected chi connectivity index (χ3v) is 6.46. The van der Waals surface area contributed by atoms with Gasteiger partial charge < -0.3 is 14.1 Å². The molecule has 38 heavy (non-hydrogen) atoms. The van der Waals surface area contributed by atoms with Gasteiger partial charge in [-0.25, -0.2) is 9.37 Å². The largest absolute Gasteiger partial charge is 0.497 e. The number of hydrogen-bond acceptors (Lipinski definition) is 5. The van der Waals surface area contributed by atoms with Crippen molar-refractivity contribution in [2.24, 2.45) is 0 Å². The Hall–Kier alpha value is -4.72.